The van der Waals surface area contributed by atoms with Crippen molar-refractivity contribution in [2.75, 3.05) is 0 Å². The van der Waals surface area contributed by atoms with Gasteiger partial charge < -0.3 is 0 Å². The number of halogens is 1. The maximum absolute atomic E-state index is 13.3. The molecule has 1 unspecified atom stereocenters. The molecule has 16 heavy (non-hydrogen) atoms. The van der Waals surface area contributed by atoms with E-state index in [1.54, 1.807) is 5.48 Å². The molecule has 0 heterocycles. The van der Waals surface area contributed by atoms with Crippen molar-refractivity contribution in [2.24, 2.45) is 0 Å². The summed E-state index contributed by atoms with van der Waals surface area (Å²) < 4.78 is 32.8. The number of carbonyl (C=O) groups is 1. The Balaban J connectivity index is 3.01. The van der Waals surface area contributed by atoms with Gasteiger partial charge in [0.25, 0.3) is 0 Å². The Kier molecular flexibility index (Phi) is 4.25. The Bertz CT molecular complexity index is 438. The van der Waals surface area contributed by atoms with E-state index in [1.807, 2.05) is 0 Å². The molecule has 0 aliphatic carbocycles. The van der Waals surface area contributed by atoms with Crippen LogP contribution in [-0.2, 0) is 16.2 Å². The molecule has 0 radical (unpaired) electrons. The van der Waals surface area contributed by atoms with Gasteiger partial charge in [-0.1, -0.05) is 0 Å². The van der Waals surface area contributed by atoms with Gasteiger partial charge in [0, 0.05) is 0 Å². The van der Waals surface area contributed by atoms with Crippen molar-refractivity contribution < 1.29 is 25.9 Å². The predicted octanol–water partition coefficient (Wildman–Crippen LogP) is -0.0406. The Hall–Kier alpha value is -1.14. The van der Waals surface area contributed by atoms with Crippen LogP contribution in [0.5, 0.6) is 0 Å². The van der Waals surface area contributed by atoms with Crippen LogP contribution in [0.1, 0.15) is 6.92 Å². The number of benzene rings is 1. The van der Waals surface area contributed by atoms with Gasteiger partial charge in [-0.05, 0) is 0 Å². The second-order valence-corrected chi connectivity index (χ2v) is 6.60. The summed E-state index contributed by atoms with van der Waals surface area (Å²) in [5, 5.41) is 8.50. The summed E-state index contributed by atoms with van der Waals surface area (Å²) >= 11 is -4.98. The normalized spacial score (nSPS) is 14.2. The van der Waals surface area contributed by atoms with Gasteiger partial charge in [-0.3, -0.25) is 0 Å². The molecule has 88 valence electrons. The van der Waals surface area contributed by atoms with Gasteiger partial charge in [0.15, 0.2) is 0 Å². The Labute approximate surface area is 93.2 Å². The van der Waals surface area contributed by atoms with Crippen molar-refractivity contribution in [2.45, 2.75) is 6.92 Å². The molecular formula is C8H9AsFNO5. The van der Waals surface area contributed by atoms with Gasteiger partial charge in [0.1, 0.15) is 0 Å². The third kappa shape index (κ3) is 2.93. The third-order valence-electron chi connectivity index (χ3n) is 1.56. The van der Waals surface area contributed by atoms with Gasteiger partial charge in [0.05, 0.1) is 0 Å². The molecule has 2 N–H and O–H groups in total. The van der Waals surface area contributed by atoms with Crippen molar-refractivity contribution in [3.8, 4) is 0 Å². The van der Waals surface area contributed by atoms with E-state index in [2.05, 4.69) is 7.70 Å². The summed E-state index contributed by atoms with van der Waals surface area (Å²) in [6.07, 6.45) is 0. The van der Waals surface area contributed by atoms with Crippen molar-refractivity contribution in [1.29, 1.82) is 0 Å². The number of nitrogens with one attached hydrogen (secondary N) is 1. The van der Waals surface area contributed by atoms with Gasteiger partial charge >= 0.3 is 92.8 Å². The molecule has 0 fully saturated rings. The molecule has 0 aliphatic heterocycles. The van der Waals surface area contributed by atoms with Gasteiger partial charge in [-0.15, -0.1) is 0 Å². The number of amides is 1. The van der Waals surface area contributed by atoms with Gasteiger partial charge in [0.2, 0.25) is 0 Å². The fourth-order valence-electron chi connectivity index (χ4n) is 0.908. The standard InChI is InChI=1S/C8H9AsFNO5/c1-6(12)11-15-9(13,16-14)7-4-2-3-5-8(7)10/h2-5,14H,1H3,(H,11,12). The maximum atomic E-state index is 13.3. The molecule has 1 aromatic rings. The van der Waals surface area contributed by atoms with E-state index in [-0.39, 0.29) is 0 Å². The average Bonchev–Trinajstić information content (AvgIpc) is 2.26. The van der Waals surface area contributed by atoms with Crippen molar-refractivity contribution >= 4 is 24.4 Å². The minimum atomic E-state index is -4.98. The first kappa shape index (κ1) is 12.9. The van der Waals surface area contributed by atoms with E-state index in [0.717, 1.165) is 19.1 Å². The second kappa shape index (κ2) is 5.27. The summed E-state index contributed by atoms with van der Waals surface area (Å²) in [4.78, 5) is 10.5. The fraction of sp³-hybridized carbons (Fsp3) is 0.125. The molecule has 1 atom stereocenters. The minimum absolute atomic E-state index is 0.420. The third-order valence-corrected chi connectivity index (χ3v) is 4.71. The molecule has 1 rings (SSSR count). The zero-order valence-corrected chi connectivity index (χ0v) is 10.1. The first-order valence-electron chi connectivity index (χ1n) is 4.13. The Morgan fingerprint density at radius 1 is 1.50 bits per heavy atom. The fourth-order valence-corrected chi connectivity index (χ4v) is 3.16. The Morgan fingerprint density at radius 3 is 2.62 bits per heavy atom. The second-order valence-electron chi connectivity index (χ2n) is 2.78. The molecule has 1 amide bonds. The Morgan fingerprint density at radius 2 is 2.12 bits per heavy atom. The van der Waals surface area contributed by atoms with Crippen LogP contribution < -0.4 is 9.83 Å². The molecule has 0 aliphatic rings. The van der Waals surface area contributed by atoms with Gasteiger partial charge in [-0.2, -0.15) is 0 Å². The quantitative estimate of drug-likeness (QED) is 0.462. The van der Waals surface area contributed by atoms with Crippen LogP contribution in [0.4, 0.5) is 4.39 Å². The van der Waals surface area contributed by atoms with Crippen molar-refractivity contribution in [1.82, 2.24) is 5.48 Å². The van der Waals surface area contributed by atoms with Crippen LogP contribution in [-0.4, -0.2) is 25.3 Å². The molecule has 0 saturated carbocycles. The van der Waals surface area contributed by atoms with E-state index >= 15 is 0 Å². The van der Waals surface area contributed by atoms with Crippen LogP contribution in [0, 0.1) is 5.82 Å². The van der Waals surface area contributed by atoms with Crippen LogP contribution in [0.25, 0.3) is 0 Å². The van der Waals surface area contributed by atoms with E-state index in [9.17, 15) is 12.9 Å². The molecule has 6 nitrogen and oxygen atoms in total. The van der Waals surface area contributed by atoms with Crippen molar-refractivity contribution in [3.63, 3.8) is 0 Å². The van der Waals surface area contributed by atoms with E-state index in [0.29, 0.717) is 0 Å². The molecule has 0 saturated heterocycles. The summed E-state index contributed by atoms with van der Waals surface area (Å²) in [5.74, 6) is -1.51. The predicted molar refractivity (Wildman–Crippen MR) is 51.1 cm³/mol. The van der Waals surface area contributed by atoms with E-state index in [1.165, 1.54) is 12.1 Å². The average molecular weight is 293 g/mol. The summed E-state index contributed by atoms with van der Waals surface area (Å²) in [6.45, 7) is 1.10. The first-order chi connectivity index (χ1) is 7.49. The van der Waals surface area contributed by atoms with E-state index in [4.69, 9.17) is 5.26 Å². The number of rotatable bonds is 4. The monoisotopic (exact) mass is 293 g/mol. The zero-order valence-electron chi connectivity index (χ0n) is 8.21. The SMILES string of the molecule is CC(=O)NO[As](=O)(OO)c1ccccc1F. The summed E-state index contributed by atoms with van der Waals surface area (Å²) in [7, 11) is 0. The van der Waals surface area contributed by atoms with Crippen LogP contribution >= 0.6 is 0 Å². The van der Waals surface area contributed by atoms with Crippen LogP contribution in [0.15, 0.2) is 24.3 Å². The zero-order chi connectivity index (χ0) is 12.2. The number of hydrogen-bond donors (Lipinski definition) is 2. The molecule has 0 aromatic heterocycles. The van der Waals surface area contributed by atoms with Crippen molar-refractivity contribution in [3.05, 3.63) is 30.1 Å². The topological polar surface area (TPSA) is 84.9 Å². The summed E-state index contributed by atoms with van der Waals surface area (Å²) in [6, 6.07) is 4.92. The molecule has 8 heteroatoms. The van der Waals surface area contributed by atoms with Gasteiger partial charge in [-0.25, -0.2) is 0 Å². The molecule has 0 bridgehead atoms. The van der Waals surface area contributed by atoms with Crippen LogP contribution in [0.3, 0.4) is 0 Å². The molecule has 1 aromatic carbocycles. The summed E-state index contributed by atoms with van der Waals surface area (Å²) in [5.41, 5.74) is 1.74. The number of carbonyl (C=O) groups excluding carboxylic acids is 1. The van der Waals surface area contributed by atoms with E-state index < -0.39 is 30.2 Å². The molecule has 0 spiro atoms. The number of hydrogen-bond acceptors (Lipinski definition) is 5. The van der Waals surface area contributed by atoms with Crippen LogP contribution in [0.2, 0.25) is 0 Å². The molecular weight excluding hydrogens is 284 g/mol. The first-order valence-corrected chi connectivity index (χ1v) is 7.37. The number of hydroxylamine groups is 1.